The number of carbonyl (C=O) groups is 1. The van der Waals surface area contributed by atoms with Crippen LogP contribution in [0.5, 0.6) is 0 Å². The summed E-state index contributed by atoms with van der Waals surface area (Å²) in [4.78, 5) is 26.3. The summed E-state index contributed by atoms with van der Waals surface area (Å²) < 4.78 is 5.48. The van der Waals surface area contributed by atoms with E-state index < -0.39 is 5.60 Å². The number of hydrogen-bond donors (Lipinski definition) is 3. The fourth-order valence-corrected chi connectivity index (χ4v) is 3.78. The van der Waals surface area contributed by atoms with Gasteiger partial charge in [-0.2, -0.15) is 5.10 Å². The van der Waals surface area contributed by atoms with Gasteiger partial charge in [-0.05, 0) is 57.0 Å². The zero-order valence-electron chi connectivity index (χ0n) is 18.3. The van der Waals surface area contributed by atoms with Crippen LogP contribution in [0.25, 0.3) is 27.5 Å². The van der Waals surface area contributed by atoms with E-state index in [4.69, 9.17) is 4.74 Å². The Kier molecular flexibility index (Phi) is 4.80. The number of ether oxygens (including phenoxy) is 1. The van der Waals surface area contributed by atoms with E-state index in [2.05, 4.69) is 42.6 Å². The molecule has 0 atom stereocenters. The summed E-state index contributed by atoms with van der Waals surface area (Å²) in [6, 6.07) is 8.05. The normalized spacial score (nSPS) is 14.6. The Bertz CT molecular complexity index is 1330. The van der Waals surface area contributed by atoms with Crippen LogP contribution in [0.4, 0.5) is 16.3 Å². The fraction of sp³-hybridized carbons (Fsp3) is 0.304. The third-order valence-corrected chi connectivity index (χ3v) is 5.34. The van der Waals surface area contributed by atoms with Gasteiger partial charge in [-0.25, -0.2) is 14.8 Å². The van der Waals surface area contributed by atoms with Crippen molar-refractivity contribution in [1.82, 2.24) is 30.0 Å². The molecule has 0 radical (unpaired) electrons. The Morgan fingerprint density at radius 2 is 2.09 bits per heavy atom. The summed E-state index contributed by atoms with van der Waals surface area (Å²) in [5, 5.41) is 12.3. The topological polar surface area (TPSA) is 112 Å². The summed E-state index contributed by atoms with van der Waals surface area (Å²) >= 11 is 0. The molecule has 1 aliphatic rings. The maximum atomic E-state index is 12.3. The fourth-order valence-electron chi connectivity index (χ4n) is 3.78. The Hall–Kier alpha value is -3.88. The van der Waals surface area contributed by atoms with Gasteiger partial charge in [0.05, 0.1) is 17.1 Å². The van der Waals surface area contributed by atoms with Crippen LogP contribution in [0.15, 0.2) is 42.9 Å². The second-order valence-electron chi connectivity index (χ2n) is 8.87. The first-order valence-corrected chi connectivity index (χ1v) is 10.6. The van der Waals surface area contributed by atoms with Crippen molar-refractivity contribution in [1.29, 1.82) is 0 Å². The number of hydrogen-bond acceptors (Lipinski definition) is 6. The van der Waals surface area contributed by atoms with E-state index in [1.54, 1.807) is 17.4 Å². The number of H-pyrrole nitrogens is 2. The number of amides is 1. The molecule has 32 heavy (non-hydrogen) atoms. The first-order chi connectivity index (χ1) is 15.4. The van der Waals surface area contributed by atoms with Crippen LogP contribution in [-0.2, 0) is 4.74 Å². The molecule has 1 aromatic carbocycles. The van der Waals surface area contributed by atoms with E-state index in [0.29, 0.717) is 13.1 Å². The van der Waals surface area contributed by atoms with E-state index in [0.717, 1.165) is 51.1 Å². The van der Waals surface area contributed by atoms with Crippen LogP contribution < -0.4 is 5.32 Å². The number of rotatable bonds is 3. The van der Waals surface area contributed by atoms with Crippen molar-refractivity contribution in [2.45, 2.75) is 32.8 Å². The highest BCUT2D eigenvalue weighted by molar-refractivity contribution is 5.93. The van der Waals surface area contributed by atoms with Crippen molar-refractivity contribution < 1.29 is 9.53 Å². The standard InChI is InChI=1S/C23H25N7O2/c1-23(2,3)32-22(31)30-8-6-14(7-9-30)19-11-17-20(24-13-25-21(17)28-19)27-16-4-5-18-15(10-16)12-26-29-18/h4-6,10-13H,7-9H2,1-3H3,(H,26,29)(H2,24,25,27,28). The third-order valence-electron chi connectivity index (χ3n) is 5.34. The maximum Gasteiger partial charge on any atom is 0.410 e. The number of aromatic amines is 2. The number of fused-ring (bicyclic) bond motifs is 2. The third kappa shape index (κ3) is 4.01. The summed E-state index contributed by atoms with van der Waals surface area (Å²) in [5.74, 6) is 0.729. The molecule has 4 heterocycles. The van der Waals surface area contributed by atoms with Crippen molar-refractivity contribution in [3.63, 3.8) is 0 Å². The SMILES string of the molecule is CC(C)(C)OC(=O)N1CC=C(c2cc3c(Nc4ccc5[nH]ncc5c4)ncnc3[nH]2)CC1. The lowest BCUT2D eigenvalue weighted by Crippen LogP contribution is -2.39. The summed E-state index contributed by atoms with van der Waals surface area (Å²) in [7, 11) is 0. The van der Waals surface area contributed by atoms with E-state index in [1.165, 1.54) is 0 Å². The molecular formula is C23H25N7O2. The number of nitrogens with zero attached hydrogens (tertiary/aromatic N) is 4. The average Bonchev–Trinajstić information content (AvgIpc) is 3.40. The quantitative estimate of drug-likeness (QED) is 0.437. The van der Waals surface area contributed by atoms with Gasteiger partial charge in [0.1, 0.15) is 23.4 Å². The van der Waals surface area contributed by atoms with Crippen molar-refractivity contribution in [3.05, 3.63) is 48.6 Å². The molecule has 0 saturated heterocycles. The highest BCUT2D eigenvalue weighted by Gasteiger charge is 2.24. The molecule has 1 aliphatic heterocycles. The molecule has 0 unspecified atom stereocenters. The molecule has 4 aromatic rings. The van der Waals surface area contributed by atoms with Crippen molar-refractivity contribution in [3.8, 4) is 0 Å². The molecule has 1 amide bonds. The van der Waals surface area contributed by atoms with Gasteiger partial charge in [0.15, 0.2) is 0 Å². The minimum absolute atomic E-state index is 0.281. The van der Waals surface area contributed by atoms with Gasteiger partial charge in [-0.3, -0.25) is 5.10 Å². The first-order valence-electron chi connectivity index (χ1n) is 10.6. The monoisotopic (exact) mass is 431 g/mol. The molecule has 0 bridgehead atoms. The zero-order chi connectivity index (χ0) is 22.3. The molecule has 0 saturated carbocycles. The van der Waals surface area contributed by atoms with Crippen molar-refractivity contribution in [2.24, 2.45) is 0 Å². The Morgan fingerprint density at radius 1 is 1.22 bits per heavy atom. The smallest absolute Gasteiger partial charge is 0.410 e. The van der Waals surface area contributed by atoms with Crippen LogP contribution in [0.2, 0.25) is 0 Å². The predicted molar refractivity (Wildman–Crippen MR) is 124 cm³/mol. The van der Waals surface area contributed by atoms with Gasteiger partial charge in [0.2, 0.25) is 0 Å². The molecular weight excluding hydrogens is 406 g/mol. The summed E-state index contributed by atoms with van der Waals surface area (Å²) in [5.41, 5.74) is 4.30. The van der Waals surface area contributed by atoms with Crippen LogP contribution in [0, 0.1) is 0 Å². The van der Waals surface area contributed by atoms with Gasteiger partial charge >= 0.3 is 6.09 Å². The van der Waals surface area contributed by atoms with Gasteiger partial charge in [0.25, 0.3) is 0 Å². The molecule has 9 nitrogen and oxygen atoms in total. The van der Waals surface area contributed by atoms with E-state index in [9.17, 15) is 4.79 Å². The number of carbonyl (C=O) groups excluding carboxylic acids is 1. The highest BCUT2D eigenvalue weighted by atomic mass is 16.6. The van der Waals surface area contributed by atoms with Gasteiger partial charge in [-0.15, -0.1) is 0 Å². The van der Waals surface area contributed by atoms with E-state index >= 15 is 0 Å². The summed E-state index contributed by atoms with van der Waals surface area (Å²) in [6.07, 6.45) is 5.85. The van der Waals surface area contributed by atoms with E-state index in [1.807, 2.05) is 39.0 Å². The lowest BCUT2D eigenvalue weighted by Gasteiger charge is -2.29. The second-order valence-corrected chi connectivity index (χ2v) is 8.87. The van der Waals surface area contributed by atoms with Gasteiger partial charge in [-0.1, -0.05) is 6.08 Å². The molecule has 9 heteroatoms. The van der Waals surface area contributed by atoms with Crippen LogP contribution in [0.3, 0.4) is 0 Å². The van der Waals surface area contributed by atoms with Gasteiger partial charge in [0, 0.05) is 29.9 Å². The highest BCUT2D eigenvalue weighted by Crippen LogP contribution is 2.30. The molecule has 0 aliphatic carbocycles. The van der Waals surface area contributed by atoms with E-state index in [-0.39, 0.29) is 6.09 Å². The van der Waals surface area contributed by atoms with Crippen molar-refractivity contribution in [2.75, 3.05) is 18.4 Å². The minimum Gasteiger partial charge on any atom is -0.444 e. The second kappa shape index (κ2) is 7.67. The van der Waals surface area contributed by atoms with Crippen LogP contribution in [-0.4, -0.2) is 54.8 Å². The van der Waals surface area contributed by atoms with Gasteiger partial charge < -0.3 is 19.9 Å². The molecule has 3 aromatic heterocycles. The molecule has 0 spiro atoms. The minimum atomic E-state index is -0.498. The van der Waals surface area contributed by atoms with Crippen molar-refractivity contribution >= 4 is 45.1 Å². The molecule has 5 rings (SSSR count). The molecule has 3 N–H and O–H groups in total. The summed E-state index contributed by atoms with van der Waals surface area (Å²) in [6.45, 7) is 6.75. The Morgan fingerprint density at radius 3 is 2.88 bits per heavy atom. The number of benzene rings is 1. The number of nitrogens with one attached hydrogen (secondary N) is 3. The Balaban J connectivity index is 1.37. The first kappa shape index (κ1) is 20.0. The van der Waals surface area contributed by atoms with Crippen LogP contribution in [0.1, 0.15) is 32.9 Å². The molecule has 0 fully saturated rings. The maximum absolute atomic E-state index is 12.3. The molecule has 164 valence electrons. The lowest BCUT2D eigenvalue weighted by atomic mass is 10.1. The van der Waals surface area contributed by atoms with Crippen LogP contribution >= 0.6 is 0 Å². The zero-order valence-corrected chi connectivity index (χ0v) is 18.3. The Labute approximate surface area is 184 Å². The average molecular weight is 432 g/mol. The number of anilines is 2. The largest absolute Gasteiger partial charge is 0.444 e. The lowest BCUT2D eigenvalue weighted by molar-refractivity contribution is 0.0270. The number of aromatic nitrogens is 5. The predicted octanol–water partition coefficient (Wildman–Crippen LogP) is 4.60.